The molecule has 1 N–H and O–H groups in total. The van der Waals surface area contributed by atoms with Gasteiger partial charge in [-0.3, -0.25) is 0 Å². The molecule has 0 saturated heterocycles. The lowest BCUT2D eigenvalue weighted by Crippen LogP contribution is -2.16. The zero-order chi connectivity index (χ0) is 17.2. The van der Waals surface area contributed by atoms with Crippen LogP contribution in [-0.2, 0) is 6.18 Å². The van der Waals surface area contributed by atoms with Crippen LogP contribution in [0.5, 0.6) is 5.75 Å². The van der Waals surface area contributed by atoms with Crippen LogP contribution in [0.15, 0.2) is 36.4 Å². The Bertz CT molecular complexity index is 846. The van der Waals surface area contributed by atoms with Crippen molar-refractivity contribution < 1.29 is 17.9 Å². The van der Waals surface area contributed by atoms with Crippen LogP contribution in [0.3, 0.4) is 0 Å². The summed E-state index contributed by atoms with van der Waals surface area (Å²) < 4.78 is 44.7. The third kappa shape index (κ3) is 3.39. The predicted molar refractivity (Wildman–Crippen MR) is 80.9 cm³/mol. The second-order valence-corrected chi connectivity index (χ2v) is 5.05. The molecule has 6 nitrogen and oxygen atoms in total. The Morgan fingerprint density at radius 1 is 1.12 bits per heavy atom. The molecule has 0 aliphatic carbocycles. The first-order chi connectivity index (χ1) is 11.4. The molecule has 0 amide bonds. The van der Waals surface area contributed by atoms with Crippen molar-refractivity contribution in [1.82, 2.24) is 19.8 Å². The molecular formula is C15H14F3N5O. The highest BCUT2D eigenvalue weighted by atomic mass is 19.4. The molecule has 9 heteroatoms. The summed E-state index contributed by atoms with van der Waals surface area (Å²) in [5.74, 6) is -0.112. The van der Waals surface area contributed by atoms with Crippen molar-refractivity contribution in [1.29, 1.82) is 0 Å². The van der Waals surface area contributed by atoms with E-state index in [0.717, 1.165) is 11.3 Å². The Labute approximate surface area is 135 Å². The number of hydrogen-bond donors (Lipinski definition) is 1. The molecule has 0 saturated carbocycles. The van der Waals surface area contributed by atoms with Gasteiger partial charge < -0.3 is 10.1 Å². The summed E-state index contributed by atoms with van der Waals surface area (Å²) in [5.41, 5.74) is 1.04. The van der Waals surface area contributed by atoms with Gasteiger partial charge in [0.15, 0.2) is 5.65 Å². The van der Waals surface area contributed by atoms with Crippen LogP contribution in [0.1, 0.15) is 11.4 Å². The normalized spacial score (nSPS) is 11.7. The summed E-state index contributed by atoms with van der Waals surface area (Å²) >= 11 is 0. The van der Waals surface area contributed by atoms with E-state index in [1.165, 1.54) is 12.1 Å². The highest BCUT2D eigenvalue weighted by Crippen LogP contribution is 2.27. The van der Waals surface area contributed by atoms with E-state index in [1.807, 2.05) is 31.2 Å². The van der Waals surface area contributed by atoms with Crippen molar-refractivity contribution >= 4 is 11.5 Å². The van der Waals surface area contributed by atoms with E-state index in [4.69, 9.17) is 4.74 Å². The van der Waals surface area contributed by atoms with Gasteiger partial charge in [-0.05, 0) is 30.7 Å². The maximum Gasteiger partial charge on any atom is 0.453 e. The maximum atomic E-state index is 12.8. The quantitative estimate of drug-likeness (QED) is 0.725. The second kappa shape index (κ2) is 6.34. The second-order valence-electron chi connectivity index (χ2n) is 5.05. The first-order valence-corrected chi connectivity index (χ1v) is 7.17. The van der Waals surface area contributed by atoms with E-state index < -0.39 is 12.0 Å². The number of aromatic nitrogens is 4. The minimum absolute atomic E-state index is 0.0315. The summed E-state index contributed by atoms with van der Waals surface area (Å²) in [4.78, 5) is 0. The molecule has 0 unspecified atom stereocenters. The summed E-state index contributed by atoms with van der Waals surface area (Å²) in [6.45, 7) is 2.66. The van der Waals surface area contributed by atoms with Gasteiger partial charge in [-0.1, -0.05) is 18.2 Å². The third-order valence-corrected chi connectivity index (χ3v) is 3.28. The number of nitrogens with zero attached hydrogens (tertiary/aromatic N) is 4. The van der Waals surface area contributed by atoms with Crippen LogP contribution in [-0.4, -0.2) is 33.0 Å². The number of anilines is 1. The van der Waals surface area contributed by atoms with E-state index in [1.54, 1.807) is 0 Å². The lowest BCUT2D eigenvalue weighted by Gasteiger charge is -2.10. The monoisotopic (exact) mass is 337 g/mol. The molecule has 0 aliphatic heterocycles. The Balaban J connectivity index is 1.64. The van der Waals surface area contributed by atoms with E-state index in [-0.39, 0.29) is 11.5 Å². The number of aryl methyl sites for hydroxylation is 1. The number of halogens is 3. The van der Waals surface area contributed by atoms with Gasteiger partial charge in [0.05, 0.1) is 6.54 Å². The number of ether oxygens (including phenoxy) is 1. The molecule has 0 aliphatic rings. The molecule has 0 fully saturated rings. The smallest absolute Gasteiger partial charge is 0.453 e. The van der Waals surface area contributed by atoms with Crippen molar-refractivity contribution in [3.63, 3.8) is 0 Å². The highest BCUT2D eigenvalue weighted by molar-refractivity contribution is 5.44. The van der Waals surface area contributed by atoms with Crippen molar-refractivity contribution in [2.24, 2.45) is 0 Å². The summed E-state index contributed by atoms with van der Waals surface area (Å²) in [6.07, 6.45) is -4.61. The summed E-state index contributed by atoms with van der Waals surface area (Å²) in [6, 6.07) is 10.5. The van der Waals surface area contributed by atoms with Gasteiger partial charge in [-0.25, -0.2) is 0 Å². The SMILES string of the molecule is Cc1ccccc1OCCNc1ccc2nnc(C(F)(F)F)n2n1. The molecule has 3 rings (SSSR count). The molecule has 0 spiro atoms. The first kappa shape index (κ1) is 16.0. The molecule has 2 aromatic heterocycles. The minimum Gasteiger partial charge on any atom is -0.491 e. The number of fused-ring (bicyclic) bond motifs is 1. The van der Waals surface area contributed by atoms with Crippen LogP contribution in [0.4, 0.5) is 19.0 Å². The average Bonchev–Trinajstić information content (AvgIpc) is 2.96. The Kier molecular flexibility index (Phi) is 4.24. The van der Waals surface area contributed by atoms with Gasteiger partial charge in [0, 0.05) is 0 Å². The van der Waals surface area contributed by atoms with Gasteiger partial charge in [0.1, 0.15) is 18.2 Å². The number of rotatable bonds is 5. The zero-order valence-corrected chi connectivity index (χ0v) is 12.7. The average molecular weight is 337 g/mol. The van der Waals surface area contributed by atoms with Crippen LogP contribution >= 0.6 is 0 Å². The third-order valence-electron chi connectivity index (χ3n) is 3.28. The summed E-state index contributed by atoms with van der Waals surface area (Å²) in [7, 11) is 0. The summed E-state index contributed by atoms with van der Waals surface area (Å²) in [5, 5.41) is 13.4. The molecule has 24 heavy (non-hydrogen) atoms. The van der Waals surface area contributed by atoms with Crippen molar-refractivity contribution in [2.45, 2.75) is 13.1 Å². The standard InChI is InChI=1S/C15H14F3N5O/c1-10-4-2-3-5-11(10)24-9-8-19-12-6-7-13-20-21-14(15(16,17)18)23(13)22-12/h2-7H,8-9H2,1H3,(H,19,22). The van der Waals surface area contributed by atoms with E-state index in [9.17, 15) is 13.2 Å². The molecule has 0 bridgehead atoms. The van der Waals surface area contributed by atoms with Gasteiger partial charge in [-0.2, -0.15) is 17.7 Å². The van der Waals surface area contributed by atoms with E-state index in [0.29, 0.717) is 17.7 Å². The highest BCUT2D eigenvalue weighted by Gasteiger charge is 2.37. The van der Waals surface area contributed by atoms with Crippen LogP contribution < -0.4 is 10.1 Å². The lowest BCUT2D eigenvalue weighted by molar-refractivity contribution is -0.146. The molecule has 0 radical (unpaired) electrons. The van der Waals surface area contributed by atoms with Gasteiger partial charge in [-0.15, -0.1) is 15.3 Å². The van der Waals surface area contributed by atoms with Gasteiger partial charge in [0.2, 0.25) is 0 Å². The molecule has 1 aromatic carbocycles. The van der Waals surface area contributed by atoms with Crippen LogP contribution in [0, 0.1) is 6.92 Å². The number of alkyl halides is 3. The minimum atomic E-state index is -4.61. The first-order valence-electron chi connectivity index (χ1n) is 7.17. The largest absolute Gasteiger partial charge is 0.491 e. The van der Waals surface area contributed by atoms with E-state index in [2.05, 4.69) is 20.6 Å². The predicted octanol–water partition coefficient (Wildman–Crippen LogP) is 2.94. The zero-order valence-electron chi connectivity index (χ0n) is 12.7. The van der Waals surface area contributed by atoms with Crippen LogP contribution in [0.25, 0.3) is 5.65 Å². The van der Waals surface area contributed by atoms with Crippen LogP contribution in [0.2, 0.25) is 0 Å². The fourth-order valence-corrected chi connectivity index (χ4v) is 2.12. The van der Waals surface area contributed by atoms with Gasteiger partial charge in [0.25, 0.3) is 5.82 Å². The number of benzene rings is 1. The van der Waals surface area contributed by atoms with Crippen molar-refractivity contribution in [2.75, 3.05) is 18.5 Å². The lowest BCUT2D eigenvalue weighted by atomic mass is 10.2. The topological polar surface area (TPSA) is 64.3 Å². The fourth-order valence-electron chi connectivity index (χ4n) is 2.12. The van der Waals surface area contributed by atoms with Crippen molar-refractivity contribution in [3.8, 4) is 5.75 Å². The Hall–Kier alpha value is -2.84. The molecule has 126 valence electrons. The fraction of sp³-hybridized carbons (Fsp3) is 0.267. The molecule has 0 atom stereocenters. The molecule has 2 heterocycles. The molecular weight excluding hydrogens is 323 g/mol. The van der Waals surface area contributed by atoms with Gasteiger partial charge >= 0.3 is 6.18 Å². The Morgan fingerprint density at radius 2 is 1.92 bits per heavy atom. The molecule has 3 aromatic rings. The van der Waals surface area contributed by atoms with E-state index >= 15 is 0 Å². The number of nitrogens with one attached hydrogen (secondary N) is 1. The maximum absolute atomic E-state index is 12.8. The van der Waals surface area contributed by atoms with Crippen molar-refractivity contribution in [3.05, 3.63) is 47.8 Å². The Morgan fingerprint density at radius 3 is 2.67 bits per heavy atom. The number of hydrogen-bond acceptors (Lipinski definition) is 5. The number of para-hydroxylation sites is 1.